The summed E-state index contributed by atoms with van der Waals surface area (Å²) in [6.07, 6.45) is 3.91. The van der Waals surface area contributed by atoms with Gasteiger partial charge in [-0.1, -0.05) is 11.6 Å². The molecule has 5 nitrogen and oxygen atoms in total. The maximum absolute atomic E-state index is 10.8. The van der Waals surface area contributed by atoms with Crippen LogP contribution in [-0.2, 0) is 0 Å². The average Bonchev–Trinajstić information content (AvgIpc) is 3.07. The van der Waals surface area contributed by atoms with Gasteiger partial charge in [-0.3, -0.25) is 4.79 Å². The topological polar surface area (TPSA) is 75.1 Å². The fourth-order valence-corrected chi connectivity index (χ4v) is 1.64. The highest BCUT2D eigenvalue weighted by Crippen LogP contribution is 2.44. The molecule has 1 saturated carbocycles. The van der Waals surface area contributed by atoms with Gasteiger partial charge in [-0.05, 0) is 12.8 Å². The van der Waals surface area contributed by atoms with Gasteiger partial charge in [0.1, 0.15) is 17.3 Å². The van der Waals surface area contributed by atoms with Gasteiger partial charge in [0, 0.05) is 12.0 Å². The summed E-state index contributed by atoms with van der Waals surface area (Å²) in [6, 6.07) is 0. The molecule has 0 atom stereocenters. The van der Waals surface area contributed by atoms with Crippen LogP contribution in [0.25, 0.3) is 0 Å². The Bertz CT molecular complexity index is 407. The average molecular weight is 242 g/mol. The third-order valence-electron chi connectivity index (χ3n) is 2.88. The molecule has 0 saturated heterocycles. The van der Waals surface area contributed by atoms with E-state index in [1.165, 1.54) is 6.33 Å². The quantitative estimate of drug-likeness (QED) is 0.597. The van der Waals surface area contributed by atoms with Crippen molar-refractivity contribution >= 4 is 23.7 Å². The summed E-state index contributed by atoms with van der Waals surface area (Å²) in [5, 5.41) is 12.3. The molecule has 2 rings (SSSR count). The van der Waals surface area contributed by atoms with Crippen LogP contribution < -0.4 is 5.32 Å². The zero-order valence-corrected chi connectivity index (χ0v) is 9.37. The number of aliphatic hydroxyl groups excluding tert-OH is 1. The van der Waals surface area contributed by atoms with Crippen molar-refractivity contribution in [3.05, 3.63) is 17.0 Å². The second-order valence-corrected chi connectivity index (χ2v) is 4.41. The molecule has 1 aliphatic carbocycles. The van der Waals surface area contributed by atoms with Crippen molar-refractivity contribution in [1.82, 2.24) is 9.97 Å². The Kier molecular flexibility index (Phi) is 3.07. The van der Waals surface area contributed by atoms with Crippen LogP contribution in [0.1, 0.15) is 23.2 Å². The first-order valence-corrected chi connectivity index (χ1v) is 5.39. The number of hydrogen-bond acceptors (Lipinski definition) is 5. The summed E-state index contributed by atoms with van der Waals surface area (Å²) in [7, 11) is 0. The van der Waals surface area contributed by atoms with Crippen LogP contribution in [0.5, 0.6) is 0 Å². The van der Waals surface area contributed by atoms with E-state index >= 15 is 0 Å². The minimum absolute atomic E-state index is 0.0441. The van der Waals surface area contributed by atoms with Crippen LogP contribution in [0.4, 0.5) is 5.82 Å². The number of halogens is 1. The molecule has 0 unspecified atom stereocenters. The highest BCUT2D eigenvalue weighted by molar-refractivity contribution is 6.32. The molecule has 2 N–H and O–H groups in total. The van der Waals surface area contributed by atoms with E-state index in [9.17, 15) is 4.79 Å². The maximum Gasteiger partial charge on any atom is 0.156 e. The number of hydrogen-bond donors (Lipinski definition) is 2. The summed E-state index contributed by atoms with van der Waals surface area (Å²) < 4.78 is 0. The van der Waals surface area contributed by atoms with Crippen molar-refractivity contribution in [2.45, 2.75) is 12.8 Å². The van der Waals surface area contributed by atoms with Crippen LogP contribution in [-0.4, -0.2) is 34.5 Å². The number of nitrogens with one attached hydrogen (secondary N) is 1. The first-order valence-electron chi connectivity index (χ1n) is 5.01. The molecule has 16 heavy (non-hydrogen) atoms. The maximum atomic E-state index is 10.8. The molecule has 86 valence electrons. The number of anilines is 1. The Balaban J connectivity index is 2.09. The molecular weight excluding hydrogens is 230 g/mol. The van der Waals surface area contributed by atoms with Crippen molar-refractivity contribution < 1.29 is 9.90 Å². The third kappa shape index (κ3) is 2.15. The Morgan fingerprint density at radius 2 is 2.31 bits per heavy atom. The Morgan fingerprint density at radius 1 is 1.56 bits per heavy atom. The lowest BCUT2D eigenvalue weighted by Gasteiger charge is -2.14. The highest BCUT2D eigenvalue weighted by Gasteiger charge is 2.41. The molecule has 0 aliphatic heterocycles. The van der Waals surface area contributed by atoms with Crippen molar-refractivity contribution in [2.24, 2.45) is 5.41 Å². The van der Waals surface area contributed by atoms with E-state index in [1.54, 1.807) is 0 Å². The predicted molar refractivity (Wildman–Crippen MR) is 59.7 cm³/mol. The monoisotopic (exact) mass is 241 g/mol. The van der Waals surface area contributed by atoms with Gasteiger partial charge in [0.2, 0.25) is 0 Å². The van der Waals surface area contributed by atoms with E-state index in [4.69, 9.17) is 16.7 Å². The van der Waals surface area contributed by atoms with Crippen molar-refractivity contribution in [1.29, 1.82) is 0 Å². The number of nitrogens with zero attached hydrogens (tertiary/aromatic N) is 2. The van der Waals surface area contributed by atoms with Crippen LogP contribution in [0, 0.1) is 5.41 Å². The summed E-state index contributed by atoms with van der Waals surface area (Å²) in [4.78, 5) is 18.5. The van der Waals surface area contributed by atoms with Gasteiger partial charge in [0.05, 0.1) is 12.2 Å². The van der Waals surface area contributed by atoms with Gasteiger partial charge in [0.25, 0.3) is 0 Å². The van der Waals surface area contributed by atoms with Gasteiger partial charge >= 0.3 is 0 Å². The fraction of sp³-hybridized carbons (Fsp3) is 0.500. The van der Waals surface area contributed by atoms with E-state index in [1.807, 2.05) is 0 Å². The van der Waals surface area contributed by atoms with Gasteiger partial charge in [-0.2, -0.15) is 0 Å². The first-order chi connectivity index (χ1) is 7.71. The van der Waals surface area contributed by atoms with Gasteiger partial charge in [-0.25, -0.2) is 9.97 Å². The number of aliphatic hydroxyl groups is 1. The molecule has 0 amide bonds. The Hall–Kier alpha value is -1.20. The van der Waals surface area contributed by atoms with Crippen molar-refractivity contribution in [3.63, 3.8) is 0 Å². The Morgan fingerprint density at radius 3 is 2.88 bits per heavy atom. The molecule has 0 spiro atoms. The van der Waals surface area contributed by atoms with E-state index in [0.717, 1.165) is 12.8 Å². The standard InChI is InChI=1S/C10H12ClN3O2/c11-8-7(3-15)9(14-6-13-8)12-4-10(5-16)1-2-10/h3,6,16H,1-2,4-5H2,(H,12,13,14). The van der Waals surface area contributed by atoms with E-state index in [0.29, 0.717) is 18.6 Å². The minimum atomic E-state index is -0.0441. The Labute approximate surface area is 97.9 Å². The van der Waals surface area contributed by atoms with Crippen LogP contribution >= 0.6 is 11.6 Å². The summed E-state index contributed by atoms with van der Waals surface area (Å²) in [5.74, 6) is 0.426. The number of aldehydes is 1. The number of carbonyl (C=O) groups is 1. The summed E-state index contributed by atoms with van der Waals surface area (Å²) in [6.45, 7) is 0.743. The molecule has 0 radical (unpaired) electrons. The summed E-state index contributed by atoms with van der Waals surface area (Å²) in [5.41, 5.74) is 0.218. The normalized spacial score (nSPS) is 16.9. The van der Waals surface area contributed by atoms with E-state index in [-0.39, 0.29) is 22.7 Å². The predicted octanol–water partition coefficient (Wildman–Crippen LogP) is 1.13. The minimum Gasteiger partial charge on any atom is -0.396 e. The van der Waals surface area contributed by atoms with Crippen molar-refractivity contribution in [3.8, 4) is 0 Å². The largest absolute Gasteiger partial charge is 0.396 e. The highest BCUT2D eigenvalue weighted by atomic mass is 35.5. The number of aromatic nitrogens is 2. The molecule has 0 aromatic carbocycles. The van der Waals surface area contributed by atoms with Crippen LogP contribution in [0.15, 0.2) is 6.33 Å². The molecule has 1 aliphatic rings. The van der Waals surface area contributed by atoms with E-state index in [2.05, 4.69) is 15.3 Å². The summed E-state index contributed by atoms with van der Waals surface area (Å²) >= 11 is 5.76. The zero-order valence-electron chi connectivity index (χ0n) is 8.61. The molecule has 1 aromatic heterocycles. The van der Waals surface area contributed by atoms with Gasteiger partial charge < -0.3 is 10.4 Å². The molecule has 1 aromatic rings. The molecule has 0 bridgehead atoms. The number of carbonyl (C=O) groups excluding carboxylic acids is 1. The lowest BCUT2D eigenvalue weighted by Crippen LogP contribution is -2.20. The SMILES string of the molecule is O=Cc1c(Cl)ncnc1NCC1(CO)CC1. The molecule has 6 heteroatoms. The zero-order chi connectivity index (χ0) is 11.6. The smallest absolute Gasteiger partial charge is 0.156 e. The van der Waals surface area contributed by atoms with Gasteiger partial charge in [-0.15, -0.1) is 0 Å². The van der Waals surface area contributed by atoms with Crippen LogP contribution in [0.2, 0.25) is 5.15 Å². The second kappa shape index (κ2) is 4.35. The lowest BCUT2D eigenvalue weighted by molar-refractivity contribution is 0.112. The molecule has 1 heterocycles. The van der Waals surface area contributed by atoms with Crippen molar-refractivity contribution in [2.75, 3.05) is 18.5 Å². The fourth-order valence-electron chi connectivity index (χ4n) is 1.46. The lowest BCUT2D eigenvalue weighted by atomic mass is 10.1. The van der Waals surface area contributed by atoms with Gasteiger partial charge in [0.15, 0.2) is 6.29 Å². The van der Waals surface area contributed by atoms with Crippen LogP contribution in [0.3, 0.4) is 0 Å². The molecular formula is C10H12ClN3O2. The first kappa shape index (κ1) is 11.3. The number of rotatable bonds is 5. The third-order valence-corrected chi connectivity index (χ3v) is 3.18. The second-order valence-electron chi connectivity index (χ2n) is 4.06. The van der Waals surface area contributed by atoms with E-state index < -0.39 is 0 Å². The molecule has 1 fully saturated rings.